The summed E-state index contributed by atoms with van der Waals surface area (Å²) in [6.45, 7) is 0. The molecule has 0 aliphatic heterocycles. The fourth-order valence-corrected chi connectivity index (χ4v) is 1.08. The number of aliphatic carboxylic acids is 1. The highest BCUT2D eigenvalue weighted by atomic mass is 16.4. The van der Waals surface area contributed by atoms with Gasteiger partial charge in [0.05, 0.1) is 11.4 Å². The summed E-state index contributed by atoms with van der Waals surface area (Å²) in [5, 5.41) is 11.3. The Labute approximate surface area is 82.0 Å². The maximum Gasteiger partial charge on any atom is 0.328 e. The first kappa shape index (κ1) is 10.1. The fraction of sp³-hybridized carbons (Fsp3) is 0.100. The summed E-state index contributed by atoms with van der Waals surface area (Å²) in [4.78, 5) is 10.3. The average Bonchev–Trinajstić information content (AvgIpc) is 2.15. The first-order valence-corrected chi connectivity index (χ1v) is 4.12. The topological polar surface area (TPSA) is 75.3 Å². The monoisotopic (exact) mass is 192 g/mol. The van der Waals surface area contributed by atoms with Crippen LogP contribution in [0.15, 0.2) is 24.3 Å². The highest BCUT2D eigenvalue weighted by Gasteiger charge is 1.96. The van der Waals surface area contributed by atoms with Crippen LogP contribution in [-0.4, -0.2) is 18.1 Å². The van der Waals surface area contributed by atoms with Crippen molar-refractivity contribution < 1.29 is 9.90 Å². The standard InChI is InChI=1S/C10H12N2O2/c1-12-9-4-2-7(6-8(9)11)3-5-10(13)14/h2-6,12H,11H2,1H3,(H,13,14). The molecule has 0 radical (unpaired) electrons. The second-order valence-corrected chi connectivity index (χ2v) is 2.77. The SMILES string of the molecule is CNc1ccc(C=CC(=O)O)cc1N. The number of hydrogen-bond donors (Lipinski definition) is 3. The van der Waals surface area contributed by atoms with E-state index in [1.165, 1.54) is 6.08 Å². The number of benzene rings is 1. The van der Waals surface area contributed by atoms with Crippen molar-refractivity contribution in [3.05, 3.63) is 29.8 Å². The largest absolute Gasteiger partial charge is 0.478 e. The Morgan fingerprint density at radius 1 is 1.57 bits per heavy atom. The van der Waals surface area contributed by atoms with Crippen molar-refractivity contribution in [1.29, 1.82) is 0 Å². The van der Waals surface area contributed by atoms with Gasteiger partial charge in [-0.3, -0.25) is 0 Å². The Morgan fingerprint density at radius 3 is 2.79 bits per heavy atom. The van der Waals surface area contributed by atoms with Crippen LogP contribution in [0, 0.1) is 0 Å². The van der Waals surface area contributed by atoms with Crippen molar-refractivity contribution in [3.8, 4) is 0 Å². The van der Waals surface area contributed by atoms with Gasteiger partial charge >= 0.3 is 5.97 Å². The lowest BCUT2D eigenvalue weighted by Crippen LogP contribution is -1.95. The highest BCUT2D eigenvalue weighted by molar-refractivity contribution is 5.86. The van der Waals surface area contributed by atoms with Crippen molar-refractivity contribution >= 4 is 23.4 Å². The van der Waals surface area contributed by atoms with E-state index in [0.717, 1.165) is 17.3 Å². The molecule has 1 aromatic rings. The smallest absolute Gasteiger partial charge is 0.328 e. The molecule has 0 unspecified atom stereocenters. The summed E-state index contributed by atoms with van der Waals surface area (Å²) in [7, 11) is 1.78. The lowest BCUT2D eigenvalue weighted by atomic mass is 10.1. The van der Waals surface area contributed by atoms with Crippen molar-refractivity contribution in [3.63, 3.8) is 0 Å². The van der Waals surface area contributed by atoms with Crippen molar-refractivity contribution in [2.75, 3.05) is 18.1 Å². The summed E-state index contributed by atoms with van der Waals surface area (Å²) >= 11 is 0. The van der Waals surface area contributed by atoms with Crippen molar-refractivity contribution in [1.82, 2.24) is 0 Å². The molecule has 0 saturated heterocycles. The van der Waals surface area contributed by atoms with Gasteiger partial charge in [0, 0.05) is 13.1 Å². The van der Waals surface area contributed by atoms with Gasteiger partial charge in [-0.2, -0.15) is 0 Å². The van der Waals surface area contributed by atoms with Gasteiger partial charge in [-0.05, 0) is 23.8 Å². The first-order chi connectivity index (χ1) is 6.63. The van der Waals surface area contributed by atoms with Gasteiger partial charge in [0.1, 0.15) is 0 Å². The summed E-state index contributed by atoms with van der Waals surface area (Å²) in [6, 6.07) is 5.31. The third-order valence-corrected chi connectivity index (χ3v) is 1.76. The number of carboxylic acid groups (broad SMARTS) is 1. The molecule has 4 heteroatoms. The Bertz CT molecular complexity index is 372. The molecular weight excluding hydrogens is 180 g/mol. The van der Waals surface area contributed by atoms with Crippen LogP contribution < -0.4 is 11.1 Å². The van der Waals surface area contributed by atoms with Crippen LogP contribution in [0.4, 0.5) is 11.4 Å². The molecule has 1 rings (SSSR count). The van der Waals surface area contributed by atoms with Crippen molar-refractivity contribution in [2.45, 2.75) is 0 Å². The predicted molar refractivity (Wildman–Crippen MR) is 57.1 cm³/mol. The van der Waals surface area contributed by atoms with E-state index in [4.69, 9.17) is 10.8 Å². The average molecular weight is 192 g/mol. The van der Waals surface area contributed by atoms with E-state index in [1.807, 2.05) is 0 Å². The second kappa shape index (κ2) is 4.32. The molecule has 0 bridgehead atoms. The van der Waals surface area contributed by atoms with Gasteiger partial charge in [-0.15, -0.1) is 0 Å². The summed E-state index contributed by atoms with van der Waals surface area (Å²) in [5.74, 6) is -0.971. The molecule has 4 nitrogen and oxygen atoms in total. The molecule has 0 spiro atoms. The third-order valence-electron chi connectivity index (χ3n) is 1.76. The minimum Gasteiger partial charge on any atom is -0.478 e. The third kappa shape index (κ3) is 2.52. The van der Waals surface area contributed by atoms with Gasteiger partial charge in [-0.1, -0.05) is 6.07 Å². The number of nitrogen functional groups attached to an aromatic ring is 1. The molecule has 0 aromatic heterocycles. The molecular formula is C10H12N2O2. The zero-order valence-electron chi connectivity index (χ0n) is 7.82. The highest BCUT2D eigenvalue weighted by Crippen LogP contribution is 2.19. The molecule has 0 fully saturated rings. The lowest BCUT2D eigenvalue weighted by molar-refractivity contribution is -0.131. The van der Waals surface area contributed by atoms with E-state index in [9.17, 15) is 4.79 Å². The molecule has 0 aliphatic carbocycles. The van der Waals surface area contributed by atoms with Crippen LogP contribution in [0.2, 0.25) is 0 Å². The second-order valence-electron chi connectivity index (χ2n) is 2.77. The molecule has 14 heavy (non-hydrogen) atoms. The minimum atomic E-state index is -0.971. The number of rotatable bonds is 3. The quantitative estimate of drug-likeness (QED) is 0.500. The number of hydrogen-bond acceptors (Lipinski definition) is 3. The Balaban J connectivity index is 2.91. The molecule has 74 valence electrons. The lowest BCUT2D eigenvalue weighted by Gasteiger charge is -2.04. The number of carboxylic acids is 1. The predicted octanol–water partition coefficient (Wildman–Crippen LogP) is 1.41. The molecule has 0 aliphatic rings. The van der Waals surface area contributed by atoms with Gasteiger partial charge in [0.2, 0.25) is 0 Å². The molecule has 0 heterocycles. The zero-order valence-corrected chi connectivity index (χ0v) is 7.82. The maximum atomic E-state index is 10.3. The van der Waals surface area contributed by atoms with Crippen LogP contribution in [-0.2, 0) is 4.79 Å². The van der Waals surface area contributed by atoms with Gasteiger partial charge < -0.3 is 16.2 Å². The fourth-order valence-electron chi connectivity index (χ4n) is 1.08. The van der Waals surface area contributed by atoms with E-state index in [0.29, 0.717) is 5.69 Å². The van der Waals surface area contributed by atoms with E-state index < -0.39 is 5.97 Å². The van der Waals surface area contributed by atoms with E-state index >= 15 is 0 Å². The van der Waals surface area contributed by atoms with Gasteiger partial charge in [0.15, 0.2) is 0 Å². The normalized spacial score (nSPS) is 10.4. The van der Waals surface area contributed by atoms with Crippen LogP contribution in [0.25, 0.3) is 6.08 Å². The summed E-state index contributed by atoms with van der Waals surface area (Å²) < 4.78 is 0. The maximum absolute atomic E-state index is 10.3. The van der Waals surface area contributed by atoms with Crippen LogP contribution in [0.5, 0.6) is 0 Å². The van der Waals surface area contributed by atoms with E-state index in [2.05, 4.69) is 5.32 Å². The molecule has 4 N–H and O–H groups in total. The molecule has 1 aromatic carbocycles. The summed E-state index contributed by atoms with van der Waals surface area (Å²) in [5.41, 5.74) is 7.89. The number of nitrogens with one attached hydrogen (secondary N) is 1. The molecule has 0 saturated carbocycles. The zero-order chi connectivity index (χ0) is 10.6. The first-order valence-electron chi connectivity index (χ1n) is 4.12. The Kier molecular flexibility index (Phi) is 3.12. The van der Waals surface area contributed by atoms with Crippen molar-refractivity contribution in [2.24, 2.45) is 0 Å². The van der Waals surface area contributed by atoms with Crippen LogP contribution in [0.3, 0.4) is 0 Å². The molecule has 0 amide bonds. The van der Waals surface area contributed by atoms with Crippen LogP contribution >= 0.6 is 0 Å². The minimum absolute atomic E-state index is 0.597. The Hall–Kier alpha value is -1.97. The Morgan fingerprint density at radius 2 is 2.29 bits per heavy atom. The van der Waals surface area contributed by atoms with E-state index in [1.54, 1.807) is 25.2 Å². The van der Waals surface area contributed by atoms with Gasteiger partial charge in [-0.25, -0.2) is 4.79 Å². The van der Waals surface area contributed by atoms with Gasteiger partial charge in [0.25, 0.3) is 0 Å². The number of anilines is 2. The number of nitrogens with two attached hydrogens (primary N) is 1. The molecule has 0 atom stereocenters. The summed E-state index contributed by atoms with van der Waals surface area (Å²) in [6.07, 6.45) is 2.58. The number of carbonyl (C=O) groups is 1. The van der Waals surface area contributed by atoms with E-state index in [-0.39, 0.29) is 0 Å². The van der Waals surface area contributed by atoms with Crippen LogP contribution in [0.1, 0.15) is 5.56 Å².